The minimum Gasteiger partial charge on any atom is -0.384 e. The lowest BCUT2D eigenvalue weighted by Gasteiger charge is -2.35. The molecule has 2 heterocycles. The van der Waals surface area contributed by atoms with Crippen LogP contribution in [0.4, 0.5) is 0 Å². The van der Waals surface area contributed by atoms with Crippen LogP contribution in [0.2, 0.25) is 0 Å². The number of aliphatic hydroxyl groups excluding tert-OH is 1. The fourth-order valence-corrected chi connectivity index (χ4v) is 2.41. The molecular weight excluding hydrogens is 252 g/mol. The minimum atomic E-state index is -0.221. The van der Waals surface area contributed by atoms with Crippen LogP contribution < -0.4 is 0 Å². The number of aliphatic hydroxyl groups is 1. The molecule has 0 spiro atoms. The molecule has 2 rings (SSSR count). The number of amides is 1. The van der Waals surface area contributed by atoms with Crippen LogP contribution >= 0.6 is 0 Å². The molecule has 2 unspecified atom stereocenters. The number of likely N-dealkylation sites (tertiary alicyclic amines) is 1. The zero-order valence-electron chi connectivity index (χ0n) is 12.0. The first-order valence-corrected chi connectivity index (χ1v) is 6.97. The monoisotopic (exact) mass is 272 g/mol. The molecule has 4 heteroatoms. The Morgan fingerprint density at radius 1 is 1.50 bits per heavy atom. The van der Waals surface area contributed by atoms with Crippen molar-refractivity contribution in [2.24, 2.45) is 11.8 Å². The number of carbonyl (C=O) groups excluding carboxylic acids is 1. The summed E-state index contributed by atoms with van der Waals surface area (Å²) in [6.45, 7) is 5.72. The SMILES string of the molecule is CC1CCN(C(=O)c2ncccc2C#CCO)CC1C. The highest BCUT2D eigenvalue weighted by molar-refractivity contribution is 5.94. The molecule has 1 saturated heterocycles. The predicted molar refractivity (Wildman–Crippen MR) is 77.0 cm³/mol. The molecule has 2 atom stereocenters. The van der Waals surface area contributed by atoms with E-state index in [0.717, 1.165) is 19.5 Å². The third kappa shape index (κ3) is 3.17. The summed E-state index contributed by atoms with van der Waals surface area (Å²) >= 11 is 0. The molecule has 1 aliphatic heterocycles. The third-order valence-electron chi connectivity index (χ3n) is 3.93. The zero-order valence-corrected chi connectivity index (χ0v) is 12.0. The van der Waals surface area contributed by atoms with Crippen molar-refractivity contribution in [1.29, 1.82) is 0 Å². The maximum Gasteiger partial charge on any atom is 0.273 e. The van der Waals surface area contributed by atoms with E-state index in [2.05, 4.69) is 30.7 Å². The highest BCUT2D eigenvalue weighted by atomic mass is 16.2. The van der Waals surface area contributed by atoms with Crippen molar-refractivity contribution in [2.45, 2.75) is 20.3 Å². The van der Waals surface area contributed by atoms with Gasteiger partial charge in [0.2, 0.25) is 0 Å². The van der Waals surface area contributed by atoms with Crippen LogP contribution in [0.15, 0.2) is 18.3 Å². The standard InChI is InChI=1S/C16H20N2O2/c1-12-7-9-18(11-13(12)2)16(20)15-14(6-4-10-19)5-3-8-17-15/h3,5,8,12-13,19H,7,9-11H2,1-2H3. The minimum absolute atomic E-state index is 0.0633. The van der Waals surface area contributed by atoms with E-state index in [1.54, 1.807) is 18.3 Å². The summed E-state index contributed by atoms with van der Waals surface area (Å²) in [5.41, 5.74) is 0.966. The summed E-state index contributed by atoms with van der Waals surface area (Å²) in [5.74, 6) is 6.46. The van der Waals surface area contributed by atoms with E-state index < -0.39 is 0 Å². The van der Waals surface area contributed by atoms with Gasteiger partial charge in [-0.05, 0) is 30.4 Å². The number of nitrogens with zero attached hydrogens (tertiary/aromatic N) is 2. The zero-order chi connectivity index (χ0) is 14.5. The molecule has 0 aromatic carbocycles. The molecule has 1 aromatic rings. The van der Waals surface area contributed by atoms with Gasteiger partial charge < -0.3 is 10.0 Å². The number of hydrogen-bond acceptors (Lipinski definition) is 3. The maximum absolute atomic E-state index is 12.6. The van der Waals surface area contributed by atoms with Crippen LogP contribution in [0.3, 0.4) is 0 Å². The predicted octanol–water partition coefficient (Wildman–Crippen LogP) is 1.54. The Labute approximate surface area is 119 Å². The summed E-state index contributed by atoms with van der Waals surface area (Å²) in [4.78, 5) is 18.6. The van der Waals surface area contributed by atoms with Crippen molar-refractivity contribution in [3.8, 4) is 11.8 Å². The Hall–Kier alpha value is -1.86. The van der Waals surface area contributed by atoms with E-state index in [9.17, 15) is 4.79 Å². The van der Waals surface area contributed by atoms with Gasteiger partial charge in [0, 0.05) is 19.3 Å². The summed E-state index contributed by atoms with van der Waals surface area (Å²) in [7, 11) is 0. The van der Waals surface area contributed by atoms with Gasteiger partial charge in [-0.3, -0.25) is 4.79 Å². The first-order chi connectivity index (χ1) is 9.63. The molecular formula is C16H20N2O2. The molecule has 1 amide bonds. The number of hydrogen-bond donors (Lipinski definition) is 1. The lowest BCUT2D eigenvalue weighted by molar-refractivity contribution is 0.0621. The highest BCUT2D eigenvalue weighted by Crippen LogP contribution is 2.23. The highest BCUT2D eigenvalue weighted by Gasteiger charge is 2.27. The second-order valence-electron chi connectivity index (χ2n) is 5.35. The molecule has 1 N–H and O–H groups in total. The molecule has 1 aromatic heterocycles. The smallest absolute Gasteiger partial charge is 0.273 e. The number of rotatable bonds is 1. The first kappa shape index (κ1) is 14.5. The summed E-state index contributed by atoms with van der Waals surface area (Å²) in [6, 6.07) is 3.51. The number of carbonyl (C=O) groups is 1. The second-order valence-corrected chi connectivity index (χ2v) is 5.35. The first-order valence-electron chi connectivity index (χ1n) is 6.97. The van der Waals surface area contributed by atoms with Crippen molar-refractivity contribution in [2.75, 3.05) is 19.7 Å². The molecule has 0 radical (unpaired) electrons. The van der Waals surface area contributed by atoms with E-state index in [4.69, 9.17) is 5.11 Å². The Bertz CT molecular complexity index is 545. The van der Waals surface area contributed by atoms with Gasteiger partial charge in [0.25, 0.3) is 5.91 Å². The van der Waals surface area contributed by atoms with Crippen molar-refractivity contribution in [1.82, 2.24) is 9.88 Å². The number of aromatic nitrogens is 1. The lowest BCUT2D eigenvalue weighted by atomic mass is 9.88. The van der Waals surface area contributed by atoms with Gasteiger partial charge in [-0.25, -0.2) is 4.98 Å². The number of pyridine rings is 1. The van der Waals surface area contributed by atoms with Crippen LogP contribution in [0.5, 0.6) is 0 Å². The van der Waals surface area contributed by atoms with E-state index in [-0.39, 0.29) is 12.5 Å². The fourth-order valence-electron chi connectivity index (χ4n) is 2.41. The normalized spacial score (nSPS) is 22.1. The van der Waals surface area contributed by atoms with Crippen LogP contribution in [0.25, 0.3) is 0 Å². The van der Waals surface area contributed by atoms with Crippen molar-refractivity contribution >= 4 is 5.91 Å². The van der Waals surface area contributed by atoms with Gasteiger partial charge in [-0.1, -0.05) is 25.7 Å². The average Bonchev–Trinajstić information content (AvgIpc) is 2.47. The molecule has 20 heavy (non-hydrogen) atoms. The van der Waals surface area contributed by atoms with Crippen LogP contribution in [-0.4, -0.2) is 40.6 Å². The Morgan fingerprint density at radius 3 is 3.00 bits per heavy atom. The van der Waals surface area contributed by atoms with Gasteiger partial charge >= 0.3 is 0 Å². The van der Waals surface area contributed by atoms with E-state index in [1.165, 1.54) is 0 Å². The van der Waals surface area contributed by atoms with E-state index >= 15 is 0 Å². The summed E-state index contributed by atoms with van der Waals surface area (Å²) in [5, 5.41) is 8.78. The molecule has 0 aliphatic carbocycles. The average molecular weight is 272 g/mol. The fraction of sp³-hybridized carbons (Fsp3) is 0.500. The number of piperidine rings is 1. The van der Waals surface area contributed by atoms with E-state index in [1.807, 2.05) is 4.90 Å². The van der Waals surface area contributed by atoms with Crippen LogP contribution in [-0.2, 0) is 0 Å². The van der Waals surface area contributed by atoms with Gasteiger partial charge in [0.05, 0.1) is 5.56 Å². The quantitative estimate of drug-likeness (QED) is 0.789. The Balaban J connectivity index is 2.21. The van der Waals surface area contributed by atoms with E-state index in [0.29, 0.717) is 23.1 Å². The molecule has 0 bridgehead atoms. The van der Waals surface area contributed by atoms with Crippen LogP contribution in [0, 0.1) is 23.7 Å². The van der Waals surface area contributed by atoms with Crippen LogP contribution in [0.1, 0.15) is 36.3 Å². The van der Waals surface area contributed by atoms with Crippen molar-refractivity contribution < 1.29 is 9.90 Å². The van der Waals surface area contributed by atoms with Crippen molar-refractivity contribution in [3.63, 3.8) is 0 Å². The molecule has 4 nitrogen and oxygen atoms in total. The van der Waals surface area contributed by atoms with Gasteiger partial charge in [0.1, 0.15) is 12.3 Å². The lowest BCUT2D eigenvalue weighted by Crippen LogP contribution is -2.42. The Kier molecular flexibility index (Phi) is 4.75. The van der Waals surface area contributed by atoms with Gasteiger partial charge in [-0.2, -0.15) is 0 Å². The molecule has 106 valence electrons. The third-order valence-corrected chi connectivity index (χ3v) is 3.93. The van der Waals surface area contributed by atoms with Crippen molar-refractivity contribution in [3.05, 3.63) is 29.6 Å². The topological polar surface area (TPSA) is 53.4 Å². The molecule has 0 saturated carbocycles. The summed E-state index contributed by atoms with van der Waals surface area (Å²) < 4.78 is 0. The maximum atomic E-state index is 12.6. The second kappa shape index (κ2) is 6.53. The summed E-state index contributed by atoms with van der Waals surface area (Å²) in [6.07, 6.45) is 2.63. The molecule has 1 fully saturated rings. The Morgan fingerprint density at radius 2 is 2.30 bits per heavy atom. The largest absolute Gasteiger partial charge is 0.384 e. The van der Waals surface area contributed by atoms with Gasteiger partial charge in [-0.15, -0.1) is 0 Å². The van der Waals surface area contributed by atoms with Gasteiger partial charge in [0.15, 0.2) is 0 Å². The molecule has 1 aliphatic rings.